The molecular formula is C27H32F3N5O4S. The Labute approximate surface area is 234 Å². The van der Waals surface area contributed by atoms with Gasteiger partial charge in [0.2, 0.25) is 5.91 Å². The predicted octanol–water partition coefficient (Wildman–Crippen LogP) is 2.76. The molecule has 5 atom stereocenters. The molecule has 40 heavy (non-hydrogen) atoms. The lowest BCUT2D eigenvalue weighted by atomic mass is 9.78. The highest BCUT2D eigenvalue weighted by Gasteiger charge is 2.60. The highest BCUT2D eigenvalue weighted by Crippen LogP contribution is 2.51. The van der Waals surface area contributed by atoms with E-state index in [1.165, 1.54) is 11.3 Å². The van der Waals surface area contributed by atoms with Gasteiger partial charge >= 0.3 is 6.18 Å². The molecule has 3 fully saturated rings. The SMILES string of the molecule is COC1COCCC1N[C@@H]1CC2CN(C(=O)c3nccs3)C[C@@]2(C(=O)N2CCc3ncc(C(F)(F)F)cc3C2)C1. The molecule has 2 aromatic rings. The van der Waals surface area contributed by atoms with E-state index in [1.54, 1.807) is 28.5 Å². The number of amides is 2. The number of hydrogen-bond donors (Lipinski definition) is 1. The van der Waals surface area contributed by atoms with Gasteiger partial charge in [-0.25, -0.2) is 4.98 Å². The van der Waals surface area contributed by atoms with Crippen molar-refractivity contribution in [3.8, 4) is 0 Å². The minimum Gasteiger partial charge on any atom is -0.379 e. The zero-order chi connectivity index (χ0) is 28.1. The van der Waals surface area contributed by atoms with E-state index in [9.17, 15) is 22.8 Å². The molecule has 0 spiro atoms. The first-order valence-electron chi connectivity index (χ1n) is 13.6. The topological polar surface area (TPSA) is 96.9 Å². The first kappa shape index (κ1) is 27.6. The summed E-state index contributed by atoms with van der Waals surface area (Å²) in [5.41, 5.74) is -0.625. The Hall–Kier alpha value is -2.61. The van der Waals surface area contributed by atoms with Gasteiger partial charge < -0.3 is 24.6 Å². The number of methoxy groups -OCH3 is 1. The van der Waals surface area contributed by atoms with Crippen molar-refractivity contribution in [3.05, 3.63) is 45.7 Å². The van der Waals surface area contributed by atoms with Gasteiger partial charge in [-0.1, -0.05) is 0 Å². The van der Waals surface area contributed by atoms with Crippen LogP contribution < -0.4 is 5.32 Å². The Kier molecular flexibility index (Phi) is 7.34. The molecule has 13 heteroatoms. The molecule has 1 saturated carbocycles. The van der Waals surface area contributed by atoms with E-state index in [-0.39, 0.29) is 49.0 Å². The lowest BCUT2D eigenvalue weighted by Crippen LogP contribution is -2.52. The number of likely N-dealkylation sites (tertiary alicyclic amines) is 1. The Morgan fingerprint density at radius 3 is 2.88 bits per heavy atom. The smallest absolute Gasteiger partial charge is 0.379 e. The van der Waals surface area contributed by atoms with Crippen molar-refractivity contribution < 1.29 is 32.2 Å². The van der Waals surface area contributed by atoms with Gasteiger partial charge in [0.15, 0.2) is 5.01 Å². The Bertz CT molecular complexity index is 1260. The zero-order valence-corrected chi connectivity index (χ0v) is 23.0. The quantitative estimate of drug-likeness (QED) is 0.582. The predicted molar refractivity (Wildman–Crippen MR) is 138 cm³/mol. The molecule has 216 valence electrons. The van der Waals surface area contributed by atoms with E-state index in [4.69, 9.17) is 9.47 Å². The molecule has 9 nitrogen and oxygen atoms in total. The standard InChI is InChI=1S/C27H32F3N5O4S/c1-38-22-14-39-6-3-21(22)33-19-9-18-13-35(24(36)23-31-4-7-40-23)15-26(18,10-19)25(37)34-5-2-20-16(12-34)8-17(11-32-20)27(28,29)30/h4,7-8,11,18-19,21-22,33H,2-3,5-6,9-10,12-15H2,1H3/t18?,19-,21?,22?,26+/m1/s1. The molecule has 2 aromatic heterocycles. The van der Waals surface area contributed by atoms with Gasteiger partial charge in [0.05, 0.1) is 23.7 Å². The average molecular weight is 580 g/mol. The number of nitrogens with zero attached hydrogens (tertiary/aromatic N) is 4. The molecule has 5 heterocycles. The maximum absolute atomic E-state index is 14.4. The second kappa shape index (κ2) is 10.7. The van der Waals surface area contributed by atoms with Gasteiger partial charge in [-0.3, -0.25) is 14.6 Å². The molecule has 0 radical (unpaired) electrons. The van der Waals surface area contributed by atoms with Gasteiger partial charge in [0, 0.05) is 81.9 Å². The van der Waals surface area contributed by atoms with Crippen LogP contribution in [0.3, 0.4) is 0 Å². The summed E-state index contributed by atoms with van der Waals surface area (Å²) >= 11 is 1.27. The largest absolute Gasteiger partial charge is 0.417 e. The normalized spacial score (nSPS) is 30.3. The van der Waals surface area contributed by atoms with E-state index in [0.717, 1.165) is 18.7 Å². The van der Waals surface area contributed by atoms with E-state index in [1.807, 2.05) is 0 Å². The number of aromatic nitrogens is 2. The second-order valence-electron chi connectivity index (χ2n) is 11.2. The van der Waals surface area contributed by atoms with Gasteiger partial charge in [-0.2, -0.15) is 13.2 Å². The third-order valence-corrected chi connectivity index (χ3v) is 9.68. The summed E-state index contributed by atoms with van der Waals surface area (Å²) in [6, 6.07) is 1.25. The number of hydrogen-bond acceptors (Lipinski definition) is 8. The summed E-state index contributed by atoms with van der Waals surface area (Å²) in [6.45, 7) is 2.29. The first-order valence-corrected chi connectivity index (χ1v) is 14.5. The molecule has 0 bridgehead atoms. The van der Waals surface area contributed by atoms with E-state index < -0.39 is 17.2 Å². The van der Waals surface area contributed by atoms with Gasteiger partial charge in [-0.05, 0) is 36.8 Å². The summed E-state index contributed by atoms with van der Waals surface area (Å²) in [4.78, 5) is 39.2. The summed E-state index contributed by atoms with van der Waals surface area (Å²) in [5.74, 6) is -0.370. The van der Waals surface area contributed by atoms with Gasteiger partial charge in [-0.15, -0.1) is 11.3 Å². The lowest BCUT2D eigenvalue weighted by molar-refractivity contribution is -0.143. The molecular weight excluding hydrogens is 547 g/mol. The number of thiazole rings is 1. The zero-order valence-electron chi connectivity index (χ0n) is 22.2. The Balaban J connectivity index is 1.25. The third kappa shape index (κ3) is 5.01. The fourth-order valence-electron chi connectivity index (χ4n) is 6.96. The molecule has 2 amide bonds. The van der Waals surface area contributed by atoms with Crippen LogP contribution in [-0.2, 0) is 33.4 Å². The molecule has 1 aliphatic carbocycles. The molecule has 3 unspecified atom stereocenters. The number of halogens is 3. The summed E-state index contributed by atoms with van der Waals surface area (Å²) < 4.78 is 51.3. The van der Waals surface area contributed by atoms with Crippen LogP contribution in [0.5, 0.6) is 0 Å². The number of pyridine rings is 1. The first-order chi connectivity index (χ1) is 19.2. The van der Waals surface area contributed by atoms with Crippen molar-refractivity contribution in [2.24, 2.45) is 11.3 Å². The van der Waals surface area contributed by atoms with Crippen LogP contribution in [0.1, 0.15) is 45.9 Å². The van der Waals surface area contributed by atoms with Crippen LogP contribution in [0.4, 0.5) is 13.2 Å². The van der Waals surface area contributed by atoms with Crippen LogP contribution in [-0.4, -0.2) is 89.7 Å². The number of alkyl halides is 3. The molecule has 6 rings (SSSR count). The van der Waals surface area contributed by atoms with Crippen molar-refractivity contribution in [1.82, 2.24) is 25.1 Å². The molecule has 0 aromatic carbocycles. The maximum atomic E-state index is 14.4. The minimum atomic E-state index is -4.51. The number of ether oxygens (including phenoxy) is 2. The Morgan fingerprint density at radius 2 is 2.12 bits per heavy atom. The number of carbonyl (C=O) groups excluding carboxylic acids is 2. The molecule has 1 N–H and O–H groups in total. The Morgan fingerprint density at radius 1 is 1.27 bits per heavy atom. The average Bonchev–Trinajstić information content (AvgIpc) is 3.67. The van der Waals surface area contributed by atoms with E-state index in [0.29, 0.717) is 61.8 Å². The van der Waals surface area contributed by atoms with Crippen molar-refractivity contribution in [3.63, 3.8) is 0 Å². The summed E-state index contributed by atoms with van der Waals surface area (Å²) in [6.07, 6.45) is 0.299. The van der Waals surface area contributed by atoms with Crippen LogP contribution in [0.2, 0.25) is 0 Å². The summed E-state index contributed by atoms with van der Waals surface area (Å²) in [5, 5.41) is 5.86. The van der Waals surface area contributed by atoms with Crippen molar-refractivity contribution in [2.45, 2.75) is 56.6 Å². The number of fused-ring (bicyclic) bond motifs is 2. The molecule has 3 aliphatic heterocycles. The number of carbonyl (C=O) groups is 2. The summed E-state index contributed by atoms with van der Waals surface area (Å²) in [7, 11) is 1.66. The number of nitrogens with one attached hydrogen (secondary N) is 1. The van der Waals surface area contributed by atoms with Gasteiger partial charge in [0.25, 0.3) is 5.91 Å². The van der Waals surface area contributed by atoms with Crippen LogP contribution >= 0.6 is 11.3 Å². The van der Waals surface area contributed by atoms with E-state index >= 15 is 0 Å². The fraction of sp³-hybridized carbons (Fsp3) is 0.630. The number of rotatable bonds is 5. The molecule has 2 saturated heterocycles. The van der Waals surface area contributed by atoms with E-state index in [2.05, 4.69) is 15.3 Å². The lowest BCUT2D eigenvalue weighted by Gasteiger charge is -2.37. The minimum absolute atomic E-state index is 0.0439. The monoisotopic (exact) mass is 579 g/mol. The van der Waals surface area contributed by atoms with Gasteiger partial charge in [0.1, 0.15) is 0 Å². The van der Waals surface area contributed by atoms with Crippen molar-refractivity contribution in [2.75, 3.05) is 40.0 Å². The van der Waals surface area contributed by atoms with Crippen molar-refractivity contribution in [1.29, 1.82) is 0 Å². The molecule has 4 aliphatic rings. The van der Waals surface area contributed by atoms with Crippen LogP contribution in [0, 0.1) is 11.3 Å². The highest BCUT2D eigenvalue weighted by atomic mass is 32.1. The maximum Gasteiger partial charge on any atom is 0.417 e. The fourth-order valence-corrected chi connectivity index (χ4v) is 7.56. The third-order valence-electron chi connectivity index (χ3n) is 8.91. The van der Waals surface area contributed by atoms with Crippen LogP contribution in [0.25, 0.3) is 0 Å². The second-order valence-corrected chi connectivity index (χ2v) is 12.1. The van der Waals surface area contributed by atoms with Crippen LogP contribution in [0.15, 0.2) is 23.8 Å². The van der Waals surface area contributed by atoms with Crippen molar-refractivity contribution >= 4 is 23.2 Å². The highest BCUT2D eigenvalue weighted by molar-refractivity contribution is 7.11.